The zero-order chi connectivity index (χ0) is 20.1. The number of ether oxygens (including phenoxy) is 1. The molecule has 2 N–H and O–H groups in total. The highest BCUT2D eigenvalue weighted by atomic mass is 79.9. The maximum absolute atomic E-state index is 12.6. The summed E-state index contributed by atoms with van der Waals surface area (Å²) < 4.78 is 12.2. The van der Waals surface area contributed by atoms with E-state index >= 15 is 0 Å². The van der Waals surface area contributed by atoms with Crippen molar-refractivity contribution in [2.75, 3.05) is 7.05 Å². The van der Waals surface area contributed by atoms with Crippen LogP contribution in [0.4, 0.5) is 0 Å². The summed E-state index contributed by atoms with van der Waals surface area (Å²) in [5.41, 5.74) is 6.51. The first kappa shape index (κ1) is 19.7. The van der Waals surface area contributed by atoms with Gasteiger partial charge in [0.1, 0.15) is 18.1 Å². The predicted molar refractivity (Wildman–Crippen MR) is 108 cm³/mol. The van der Waals surface area contributed by atoms with Crippen LogP contribution >= 0.6 is 15.9 Å². The van der Waals surface area contributed by atoms with Crippen molar-refractivity contribution in [3.8, 4) is 5.75 Å². The van der Waals surface area contributed by atoms with Crippen LogP contribution < -0.4 is 10.5 Å². The molecule has 3 aromatic rings. The molecule has 0 fully saturated rings. The first-order valence-electron chi connectivity index (χ1n) is 8.53. The van der Waals surface area contributed by atoms with Gasteiger partial charge in [0.2, 0.25) is 5.91 Å². The molecule has 0 saturated carbocycles. The molecule has 6 nitrogen and oxygen atoms in total. The number of amides is 2. The summed E-state index contributed by atoms with van der Waals surface area (Å²) in [6, 6.07) is 17.7. The van der Waals surface area contributed by atoms with Crippen LogP contribution in [0.1, 0.15) is 32.2 Å². The van der Waals surface area contributed by atoms with Crippen LogP contribution in [0.25, 0.3) is 0 Å². The molecule has 0 unspecified atom stereocenters. The minimum Gasteiger partial charge on any atom is -0.486 e. The van der Waals surface area contributed by atoms with Crippen molar-refractivity contribution in [2.24, 2.45) is 5.73 Å². The quantitative estimate of drug-likeness (QED) is 0.599. The van der Waals surface area contributed by atoms with Crippen molar-refractivity contribution in [1.82, 2.24) is 4.90 Å². The second-order valence-corrected chi connectivity index (χ2v) is 7.15. The van der Waals surface area contributed by atoms with E-state index in [2.05, 4.69) is 15.9 Å². The van der Waals surface area contributed by atoms with Crippen molar-refractivity contribution in [2.45, 2.75) is 13.2 Å². The van der Waals surface area contributed by atoms with Crippen molar-refractivity contribution >= 4 is 27.7 Å². The van der Waals surface area contributed by atoms with Gasteiger partial charge < -0.3 is 19.8 Å². The Kier molecular flexibility index (Phi) is 6.16. The average molecular weight is 443 g/mol. The number of primary amides is 1. The lowest BCUT2D eigenvalue weighted by Gasteiger charge is -2.16. The molecule has 144 valence electrons. The van der Waals surface area contributed by atoms with E-state index in [9.17, 15) is 9.59 Å². The topological polar surface area (TPSA) is 85.8 Å². The first-order valence-corrected chi connectivity index (χ1v) is 9.33. The summed E-state index contributed by atoms with van der Waals surface area (Å²) in [5.74, 6) is 0.703. The van der Waals surface area contributed by atoms with Gasteiger partial charge in [0.25, 0.3) is 5.91 Å². The number of halogens is 1. The third kappa shape index (κ3) is 5.01. The smallest absolute Gasteiger partial charge is 0.289 e. The molecule has 7 heteroatoms. The molecule has 0 aliphatic carbocycles. The normalized spacial score (nSPS) is 10.5. The van der Waals surface area contributed by atoms with E-state index in [0.29, 0.717) is 23.6 Å². The van der Waals surface area contributed by atoms with E-state index < -0.39 is 5.91 Å². The molecule has 28 heavy (non-hydrogen) atoms. The number of rotatable bonds is 7. The van der Waals surface area contributed by atoms with Crippen LogP contribution in [0.2, 0.25) is 0 Å². The van der Waals surface area contributed by atoms with Crippen LogP contribution in [-0.4, -0.2) is 23.8 Å². The van der Waals surface area contributed by atoms with Crippen molar-refractivity contribution < 1.29 is 18.7 Å². The summed E-state index contributed by atoms with van der Waals surface area (Å²) >= 11 is 3.39. The second kappa shape index (κ2) is 8.75. The van der Waals surface area contributed by atoms with E-state index in [0.717, 1.165) is 10.0 Å². The van der Waals surface area contributed by atoms with Crippen molar-refractivity contribution in [3.63, 3.8) is 0 Å². The van der Waals surface area contributed by atoms with Crippen molar-refractivity contribution in [3.05, 3.63) is 87.8 Å². The largest absolute Gasteiger partial charge is 0.486 e. The Hall–Kier alpha value is -3.06. The zero-order valence-corrected chi connectivity index (χ0v) is 16.8. The molecule has 2 aromatic carbocycles. The van der Waals surface area contributed by atoms with Gasteiger partial charge in [-0.05, 0) is 48.0 Å². The molecule has 0 spiro atoms. The molecular formula is C21H19BrN2O4. The number of benzene rings is 2. The highest BCUT2D eigenvalue weighted by Crippen LogP contribution is 2.20. The fourth-order valence-electron chi connectivity index (χ4n) is 2.64. The van der Waals surface area contributed by atoms with Gasteiger partial charge >= 0.3 is 0 Å². The molecule has 1 aromatic heterocycles. The molecule has 0 bridgehead atoms. The van der Waals surface area contributed by atoms with Gasteiger partial charge in [-0.2, -0.15) is 0 Å². The molecule has 2 amide bonds. The Morgan fingerprint density at radius 3 is 2.64 bits per heavy atom. The van der Waals surface area contributed by atoms with Gasteiger partial charge in [0.15, 0.2) is 5.76 Å². The summed E-state index contributed by atoms with van der Waals surface area (Å²) in [4.78, 5) is 25.4. The summed E-state index contributed by atoms with van der Waals surface area (Å²) in [5, 5.41) is 0. The number of carbonyl (C=O) groups excluding carboxylic acids is 2. The number of nitrogens with two attached hydrogens (primary N) is 1. The Morgan fingerprint density at radius 1 is 1.11 bits per heavy atom. The SMILES string of the molecule is CN(Cc1cccc(C(N)=O)c1)C(=O)c1ccc(COc2cccc(Br)c2)o1. The van der Waals surface area contributed by atoms with E-state index in [4.69, 9.17) is 14.9 Å². The Labute approximate surface area is 171 Å². The predicted octanol–water partition coefficient (Wildman–Crippen LogP) is 3.99. The van der Waals surface area contributed by atoms with Gasteiger partial charge in [-0.1, -0.05) is 34.1 Å². The van der Waals surface area contributed by atoms with Crippen LogP contribution in [-0.2, 0) is 13.2 Å². The van der Waals surface area contributed by atoms with E-state index in [1.165, 1.54) is 4.90 Å². The summed E-state index contributed by atoms with van der Waals surface area (Å²) in [6.45, 7) is 0.540. The number of furan rings is 1. The fourth-order valence-corrected chi connectivity index (χ4v) is 3.02. The maximum Gasteiger partial charge on any atom is 0.289 e. The highest BCUT2D eigenvalue weighted by Gasteiger charge is 2.17. The number of hydrogen-bond acceptors (Lipinski definition) is 4. The monoisotopic (exact) mass is 442 g/mol. The number of nitrogens with zero attached hydrogens (tertiary/aromatic N) is 1. The van der Waals surface area contributed by atoms with Crippen molar-refractivity contribution in [1.29, 1.82) is 0 Å². The van der Waals surface area contributed by atoms with Gasteiger partial charge in [-0.3, -0.25) is 9.59 Å². The summed E-state index contributed by atoms with van der Waals surface area (Å²) in [7, 11) is 1.67. The second-order valence-electron chi connectivity index (χ2n) is 6.24. The highest BCUT2D eigenvalue weighted by molar-refractivity contribution is 9.10. The third-order valence-corrected chi connectivity index (χ3v) is 4.52. The lowest BCUT2D eigenvalue weighted by molar-refractivity contribution is 0.0749. The van der Waals surface area contributed by atoms with Crippen LogP contribution in [0, 0.1) is 0 Å². The van der Waals surface area contributed by atoms with Gasteiger partial charge in [-0.25, -0.2) is 0 Å². The van der Waals surface area contributed by atoms with Crippen LogP contribution in [0.5, 0.6) is 5.75 Å². The lowest BCUT2D eigenvalue weighted by atomic mass is 10.1. The van der Waals surface area contributed by atoms with Gasteiger partial charge in [0, 0.05) is 23.6 Å². The number of hydrogen-bond donors (Lipinski definition) is 1. The van der Waals surface area contributed by atoms with E-state index in [1.807, 2.05) is 30.3 Å². The molecule has 1 heterocycles. The minimum absolute atomic E-state index is 0.216. The zero-order valence-electron chi connectivity index (χ0n) is 15.2. The molecule has 0 radical (unpaired) electrons. The Morgan fingerprint density at radius 2 is 1.89 bits per heavy atom. The third-order valence-electron chi connectivity index (χ3n) is 4.03. The maximum atomic E-state index is 12.6. The van der Waals surface area contributed by atoms with Gasteiger partial charge in [-0.15, -0.1) is 0 Å². The fraction of sp³-hybridized carbons (Fsp3) is 0.143. The van der Waals surface area contributed by atoms with E-state index in [1.54, 1.807) is 37.4 Å². The van der Waals surface area contributed by atoms with Crippen LogP contribution in [0.15, 0.2) is 69.6 Å². The molecule has 0 saturated heterocycles. The summed E-state index contributed by atoms with van der Waals surface area (Å²) in [6.07, 6.45) is 0. The number of carbonyl (C=O) groups is 2. The molecule has 0 aliphatic heterocycles. The lowest BCUT2D eigenvalue weighted by Crippen LogP contribution is -2.26. The van der Waals surface area contributed by atoms with E-state index in [-0.39, 0.29) is 18.3 Å². The average Bonchev–Trinajstić information content (AvgIpc) is 3.15. The Balaban J connectivity index is 1.61. The minimum atomic E-state index is -0.503. The van der Waals surface area contributed by atoms with Gasteiger partial charge in [0.05, 0.1) is 0 Å². The molecule has 0 aliphatic rings. The molecular weight excluding hydrogens is 424 g/mol. The Bertz CT molecular complexity index is 999. The first-order chi connectivity index (χ1) is 13.4. The molecule has 0 atom stereocenters. The van der Waals surface area contributed by atoms with Crippen LogP contribution in [0.3, 0.4) is 0 Å². The standard InChI is InChI=1S/C21H19BrN2O4/c1-24(12-14-4-2-5-15(10-14)20(23)25)21(26)19-9-8-18(28-19)13-27-17-7-3-6-16(22)11-17/h2-11H,12-13H2,1H3,(H2,23,25). The molecule has 3 rings (SSSR count).